The second kappa shape index (κ2) is 11.6. The Morgan fingerprint density at radius 3 is 2.29 bits per heavy atom. The van der Waals surface area contributed by atoms with Gasteiger partial charge in [0.05, 0.1) is 11.5 Å². The molecule has 0 saturated carbocycles. The molecule has 1 heterocycles. The number of hydrogen-bond acceptors (Lipinski definition) is 2. The van der Waals surface area contributed by atoms with Crippen molar-refractivity contribution in [2.45, 2.75) is 70.7 Å². The number of hydrogen-bond donors (Lipinski definition) is 0. The van der Waals surface area contributed by atoms with Gasteiger partial charge in [-0.05, 0) is 54.2 Å². The molecule has 1 aliphatic heterocycles. The summed E-state index contributed by atoms with van der Waals surface area (Å²) in [5.41, 5.74) is 1.50. The molecule has 190 valence electrons. The van der Waals surface area contributed by atoms with Crippen LogP contribution in [0, 0.1) is 11.3 Å². The highest BCUT2D eigenvalue weighted by atomic mass is 35.5. The highest BCUT2D eigenvalue weighted by Crippen LogP contribution is 2.52. The molecule has 1 aliphatic rings. The van der Waals surface area contributed by atoms with Gasteiger partial charge in [0, 0.05) is 43.8 Å². The van der Waals surface area contributed by atoms with Gasteiger partial charge in [0.15, 0.2) is 0 Å². The number of carbonyl (C=O) groups excluding carboxylic acids is 1. The number of amides is 1. The molecule has 1 amide bonds. The Balaban J connectivity index is 2.26. The smallest absolute Gasteiger partial charge is 0.229 e. The van der Waals surface area contributed by atoms with Gasteiger partial charge in [0.1, 0.15) is 0 Å². The Morgan fingerprint density at radius 1 is 1.09 bits per heavy atom. The van der Waals surface area contributed by atoms with Crippen LogP contribution in [0.3, 0.4) is 0 Å². The normalized spacial score (nSPS) is 24.6. The summed E-state index contributed by atoms with van der Waals surface area (Å²) >= 11 is 12.7. The average molecular weight is 535 g/mol. The fourth-order valence-corrected chi connectivity index (χ4v) is 6.80. The molecule has 0 N–H and O–H groups in total. The lowest BCUT2D eigenvalue weighted by molar-refractivity contribution is -0.155. The zero-order chi connectivity index (χ0) is 25.9. The molecule has 2 aromatic carbocycles. The molecule has 3 rings (SSSR count). The van der Waals surface area contributed by atoms with Crippen molar-refractivity contribution in [2.75, 3.05) is 5.75 Å². The van der Waals surface area contributed by atoms with Gasteiger partial charge in [0.25, 0.3) is 0 Å². The lowest BCUT2D eigenvalue weighted by Crippen LogP contribution is -2.58. The minimum atomic E-state index is -1.06. The molecular weight excluding hydrogens is 497 g/mol. The SMILES string of the molecule is C=CC[C@@]1(C)C[C@H](c2cccc(Cl)c2)[C@@H](c2ccc(Cl)cc2)N(C(CS(=O)C(C)C)C(C)C)C1=O. The number of nitrogens with zero attached hydrogens (tertiary/aromatic N) is 1. The van der Waals surface area contributed by atoms with Crippen LogP contribution in [0.1, 0.15) is 70.5 Å². The Labute approximate surface area is 223 Å². The largest absolute Gasteiger partial charge is 0.330 e. The van der Waals surface area contributed by atoms with Crippen molar-refractivity contribution in [3.05, 3.63) is 82.4 Å². The maximum atomic E-state index is 14.4. The fourth-order valence-electron chi connectivity index (χ4n) is 5.21. The van der Waals surface area contributed by atoms with Crippen molar-refractivity contribution >= 4 is 39.9 Å². The van der Waals surface area contributed by atoms with Gasteiger partial charge in [-0.15, -0.1) is 6.58 Å². The van der Waals surface area contributed by atoms with Crippen molar-refractivity contribution in [2.24, 2.45) is 11.3 Å². The first-order valence-electron chi connectivity index (χ1n) is 12.3. The molecule has 1 saturated heterocycles. The van der Waals surface area contributed by atoms with Crippen molar-refractivity contribution in [3.8, 4) is 0 Å². The zero-order valence-corrected chi connectivity index (χ0v) is 23.7. The van der Waals surface area contributed by atoms with E-state index in [9.17, 15) is 9.00 Å². The van der Waals surface area contributed by atoms with Crippen LogP contribution in [0.25, 0.3) is 0 Å². The minimum Gasteiger partial charge on any atom is -0.330 e. The number of halogens is 2. The van der Waals surface area contributed by atoms with Crippen LogP contribution in [0.4, 0.5) is 0 Å². The van der Waals surface area contributed by atoms with Gasteiger partial charge >= 0.3 is 0 Å². The molecule has 0 aromatic heterocycles. The molecule has 5 atom stereocenters. The van der Waals surface area contributed by atoms with Gasteiger partial charge in [0.2, 0.25) is 5.91 Å². The van der Waals surface area contributed by atoms with Crippen molar-refractivity contribution in [1.29, 1.82) is 0 Å². The monoisotopic (exact) mass is 533 g/mol. The van der Waals surface area contributed by atoms with E-state index in [4.69, 9.17) is 23.2 Å². The summed E-state index contributed by atoms with van der Waals surface area (Å²) < 4.78 is 13.1. The molecule has 0 spiro atoms. The van der Waals surface area contributed by atoms with Crippen LogP contribution in [-0.2, 0) is 15.6 Å². The number of carbonyl (C=O) groups is 1. The predicted octanol–water partition coefficient (Wildman–Crippen LogP) is 7.81. The number of rotatable bonds is 9. The van der Waals surface area contributed by atoms with E-state index in [1.807, 2.05) is 74.2 Å². The predicted molar refractivity (Wildman–Crippen MR) is 150 cm³/mol. The second-order valence-electron chi connectivity index (χ2n) is 10.5. The fraction of sp³-hybridized carbons (Fsp3) is 0.483. The van der Waals surface area contributed by atoms with Crippen LogP contribution >= 0.6 is 23.2 Å². The number of benzene rings is 2. The van der Waals surface area contributed by atoms with Gasteiger partial charge in [-0.2, -0.15) is 0 Å². The van der Waals surface area contributed by atoms with E-state index in [0.29, 0.717) is 28.6 Å². The zero-order valence-electron chi connectivity index (χ0n) is 21.3. The van der Waals surface area contributed by atoms with Gasteiger partial charge < -0.3 is 4.90 Å². The number of allylic oxidation sites excluding steroid dienone is 1. The minimum absolute atomic E-state index is 0.00580. The summed E-state index contributed by atoms with van der Waals surface area (Å²) in [6.45, 7) is 14.2. The molecule has 35 heavy (non-hydrogen) atoms. The first kappa shape index (κ1) is 28.0. The summed E-state index contributed by atoms with van der Waals surface area (Å²) in [6, 6.07) is 15.3. The summed E-state index contributed by atoms with van der Waals surface area (Å²) in [5.74, 6) is 0.668. The van der Waals surface area contributed by atoms with Gasteiger partial charge in [-0.3, -0.25) is 9.00 Å². The third-order valence-corrected chi connectivity index (χ3v) is 9.38. The number of piperidine rings is 1. The molecular formula is C29H37Cl2NO2S. The van der Waals surface area contributed by atoms with Gasteiger partial charge in [-0.1, -0.05) is 88.2 Å². The number of likely N-dealkylation sites (tertiary alicyclic amines) is 1. The van der Waals surface area contributed by atoms with Crippen molar-refractivity contribution in [1.82, 2.24) is 4.90 Å². The Bertz CT molecular complexity index is 1070. The summed E-state index contributed by atoms with van der Waals surface area (Å²) in [5, 5.41) is 1.35. The molecule has 0 radical (unpaired) electrons. The molecule has 3 nitrogen and oxygen atoms in total. The maximum absolute atomic E-state index is 14.4. The molecule has 1 fully saturated rings. The lowest BCUT2D eigenvalue weighted by atomic mass is 9.67. The quantitative estimate of drug-likeness (QED) is 0.308. The van der Waals surface area contributed by atoms with E-state index in [1.54, 1.807) is 0 Å². The van der Waals surface area contributed by atoms with Crippen LogP contribution in [0.15, 0.2) is 61.2 Å². The Morgan fingerprint density at radius 2 is 1.74 bits per heavy atom. The van der Waals surface area contributed by atoms with Crippen LogP contribution in [-0.4, -0.2) is 32.1 Å². The van der Waals surface area contributed by atoms with E-state index in [0.717, 1.165) is 11.1 Å². The topological polar surface area (TPSA) is 37.4 Å². The molecule has 2 aromatic rings. The molecule has 0 bridgehead atoms. The Hall–Kier alpha value is -1.62. The standard InChI is InChI=1S/C29H37Cl2NO2S/c1-7-15-29(6)17-25(22-9-8-10-24(31)16-22)27(21-11-13-23(30)14-12-21)32(28(29)33)26(19(2)3)18-35(34)20(4)5/h7-14,16,19-20,25-27H,1,15,17-18H2,2-6H3/t25-,26?,27-,29+,35?/m1/s1. The van der Waals surface area contributed by atoms with E-state index in [2.05, 4.69) is 26.5 Å². The third-order valence-electron chi connectivity index (χ3n) is 7.17. The second-order valence-corrected chi connectivity index (χ2v) is 13.4. The van der Waals surface area contributed by atoms with E-state index < -0.39 is 16.2 Å². The van der Waals surface area contributed by atoms with E-state index >= 15 is 0 Å². The average Bonchev–Trinajstić information content (AvgIpc) is 2.80. The third kappa shape index (κ3) is 6.21. The first-order chi connectivity index (χ1) is 16.5. The lowest BCUT2D eigenvalue weighted by Gasteiger charge is -2.53. The van der Waals surface area contributed by atoms with E-state index in [-0.39, 0.29) is 35.1 Å². The van der Waals surface area contributed by atoms with Crippen molar-refractivity contribution < 1.29 is 9.00 Å². The first-order valence-corrected chi connectivity index (χ1v) is 14.4. The Kier molecular flexibility index (Phi) is 9.28. The van der Waals surface area contributed by atoms with Crippen LogP contribution < -0.4 is 0 Å². The maximum Gasteiger partial charge on any atom is 0.229 e. The summed E-state index contributed by atoms with van der Waals surface area (Å²) in [6.07, 6.45) is 3.08. The van der Waals surface area contributed by atoms with Crippen LogP contribution in [0.5, 0.6) is 0 Å². The highest BCUT2D eigenvalue weighted by Gasteiger charge is 2.51. The molecule has 2 unspecified atom stereocenters. The summed E-state index contributed by atoms with van der Waals surface area (Å²) in [7, 11) is -1.06. The highest BCUT2D eigenvalue weighted by molar-refractivity contribution is 7.85. The van der Waals surface area contributed by atoms with Crippen molar-refractivity contribution in [3.63, 3.8) is 0 Å². The molecule has 0 aliphatic carbocycles. The van der Waals surface area contributed by atoms with Crippen LogP contribution in [0.2, 0.25) is 10.0 Å². The summed E-state index contributed by atoms with van der Waals surface area (Å²) in [4.78, 5) is 16.4. The van der Waals surface area contributed by atoms with Gasteiger partial charge in [-0.25, -0.2) is 0 Å². The molecule has 6 heteroatoms. The van der Waals surface area contributed by atoms with E-state index in [1.165, 1.54) is 0 Å².